The summed E-state index contributed by atoms with van der Waals surface area (Å²) >= 11 is 0. The summed E-state index contributed by atoms with van der Waals surface area (Å²) in [5, 5.41) is 0. The van der Waals surface area contributed by atoms with E-state index in [1.54, 1.807) is 12.1 Å². The lowest BCUT2D eigenvalue weighted by Crippen LogP contribution is -2.12. The van der Waals surface area contributed by atoms with Gasteiger partial charge in [0.15, 0.2) is 15.6 Å². The minimum atomic E-state index is -3.53. The lowest BCUT2D eigenvalue weighted by Gasteiger charge is -2.18. The maximum atomic E-state index is 12.1. The van der Waals surface area contributed by atoms with Gasteiger partial charge in [-0.15, -0.1) is 0 Å². The second kappa shape index (κ2) is 6.26. The first-order valence-electron chi connectivity index (χ1n) is 6.27. The third-order valence-corrected chi connectivity index (χ3v) is 4.43. The van der Waals surface area contributed by atoms with Crippen LogP contribution >= 0.6 is 0 Å². The van der Waals surface area contributed by atoms with Crippen LogP contribution in [-0.4, -0.2) is 34.9 Å². The number of rotatable bonds is 5. The van der Waals surface area contributed by atoms with Crippen LogP contribution < -0.4 is 4.74 Å². The van der Waals surface area contributed by atoms with Crippen molar-refractivity contribution in [3.8, 4) is 5.75 Å². The van der Waals surface area contributed by atoms with Crippen molar-refractivity contribution < 1.29 is 22.7 Å². The molecule has 5 nitrogen and oxygen atoms in total. The molecule has 1 unspecified atom stereocenters. The highest BCUT2D eigenvalue weighted by Gasteiger charge is 2.27. The van der Waals surface area contributed by atoms with Gasteiger partial charge in [-0.2, -0.15) is 0 Å². The molecule has 0 aliphatic heterocycles. The van der Waals surface area contributed by atoms with Crippen LogP contribution in [0, 0.1) is 0 Å². The van der Waals surface area contributed by atoms with E-state index in [2.05, 4.69) is 4.74 Å². The van der Waals surface area contributed by atoms with Crippen molar-refractivity contribution in [2.75, 3.05) is 20.5 Å². The number of hydrogen-bond donors (Lipinski definition) is 0. The van der Waals surface area contributed by atoms with Crippen molar-refractivity contribution in [3.63, 3.8) is 0 Å². The molecule has 0 spiro atoms. The van der Waals surface area contributed by atoms with E-state index in [0.717, 1.165) is 12.7 Å². The maximum Gasteiger partial charge on any atom is 0.341 e. The number of carbonyl (C=O) groups excluding carboxylic acids is 1. The molecule has 0 amide bonds. The van der Waals surface area contributed by atoms with Gasteiger partial charge in [0.05, 0.1) is 14.2 Å². The molecule has 0 aliphatic rings. The summed E-state index contributed by atoms with van der Waals surface area (Å²) in [5.74, 6) is -0.528. The fraction of sp³-hybridized carbons (Fsp3) is 0.500. The van der Waals surface area contributed by atoms with E-state index in [0.29, 0.717) is 5.56 Å². The number of sulfone groups is 1. The van der Waals surface area contributed by atoms with Crippen LogP contribution in [0.3, 0.4) is 0 Å². The van der Waals surface area contributed by atoms with E-state index in [9.17, 15) is 13.2 Å². The topological polar surface area (TPSA) is 69.7 Å². The average molecular weight is 300 g/mol. The van der Waals surface area contributed by atoms with E-state index in [-0.39, 0.29) is 22.1 Å². The minimum absolute atomic E-state index is 0.0420. The molecule has 0 heterocycles. The number of esters is 1. The summed E-state index contributed by atoms with van der Waals surface area (Å²) in [4.78, 5) is 11.8. The van der Waals surface area contributed by atoms with Crippen LogP contribution in [0.4, 0.5) is 0 Å². The third-order valence-electron chi connectivity index (χ3n) is 3.27. The molecular formula is C14H20O5S. The number of methoxy groups -OCH3 is 2. The Morgan fingerprint density at radius 2 is 1.90 bits per heavy atom. The maximum absolute atomic E-state index is 12.1. The van der Waals surface area contributed by atoms with Crippen LogP contribution in [0.15, 0.2) is 17.0 Å². The Kier molecular flexibility index (Phi) is 5.16. The lowest BCUT2D eigenvalue weighted by molar-refractivity contribution is 0.0596. The molecule has 1 aromatic carbocycles. The summed E-state index contributed by atoms with van der Waals surface area (Å²) in [6.07, 6.45) is 1.89. The molecule has 112 valence electrons. The predicted molar refractivity (Wildman–Crippen MR) is 76.1 cm³/mol. The van der Waals surface area contributed by atoms with E-state index in [1.165, 1.54) is 14.2 Å². The highest BCUT2D eigenvalue weighted by molar-refractivity contribution is 7.90. The SMILES string of the molecule is CCC(C)c1ccc(C(=O)OC)c(OC)c1S(C)(=O)=O. The zero-order valence-electron chi connectivity index (χ0n) is 12.4. The van der Waals surface area contributed by atoms with E-state index >= 15 is 0 Å². The second-order valence-corrected chi connectivity index (χ2v) is 6.59. The van der Waals surface area contributed by atoms with Crippen molar-refractivity contribution in [3.05, 3.63) is 23.3 Å². The zero-order chi connectivity index (χ0) is 15.5. The molecule has 0 saturated carbocycles. The Morgan fingerprint density at radius 1 is 1.30 bits per heavy atom. The second-order valence-electron chi connectivity index (χ2n) is 4.64. The van der Waals surface area contributed by atoms with Crippen LogP contribution in [0.2, 0.25) is 0 Å². The van der Waals surface area contributed by atoms with Gasteiger partial charge in [-0.05, 0) is 24.0 Å². The molecule has 0 bridgehead atoms. The molecule has 1 rings (SSSR count). The van der Waals surface area contributed by atoms with Gasteiger partial charge in [-0.1, -0.05) is 19.9 Å². The number of carbonyl (C=O) groups is 1. The van der Waals surface area contributed by atoms with E-state index in [4.69, 9.17) is 4.74 Å². The molecule has 0 radical (unpaired) electrons. The van der Waals surface area contributed by atoms with Crippen LogP contribution in [-0.2, 0) is 14.6 Å². The molecule has 1 aromatic rings. The van der Waals surface area contributed by atoms with Crippen molar-refractivity contribution in [1.29, 1.82) is 0 Å². The lowest BCUT2D eigenvalue weighted by atomic mass is 9.96. The quantitative estimate of drug-likeness (QED) is 0.781. The Labute approximate surface area is 119 Å². The largest absolute Gasteiger partial charge is 0.494 e. The zero-order valence-corrected chi connectivity index (χ0v) is 13.2. The normalized spacial score (nSPS) is 12.8. The Bertz CT molecular complexity index is 604. The molecule has 6 heteroatoms. The number of hydrogen-bond acceptors (Lipinski definition) is 5. The van der Waals surface area contributed by atoms with Crippen molar-refractivity contribution in [1.82, 2.24) is 0 Å². The fourth-order valence-corrected chi connectivity index (χ4v) is 3.27. The summed E-state index contributed by atoms with van der Waals surface area (Å²) in [6, 6.07) is 3.19. The Hall–Kier alpha value is -1.56. The smallest absolute Gasteiger partial charge is 0.341 e. The van der Waals surface area contributed by atoms with Gasteiger partial charge < -0.3 is 9.47 Å². The first-order valence-corrected chi connectivity index (χ1v) is 8.16. The first-order chi connectivity index (χ1) is 9.27. The average Bonchev–Trinajstić information content (AvgIpc) is 2.42. The molecule has 0 saturated heterocycles. The predicted octanol–water partition coefficient (Wildman–Crippen LogP) is 2.40. The Balaban J connectivity index is 3.73. The van der Waals surface area contributed by atoms with E-state index < -0.39 is 15.8 Å². The summed E-state index contributed by atoms with van der Waals surface area (Å²) in [7, 11) is -0.944. The summed E-state index contributed by atoms with van der Waals surface area (Å²) < 4.78 is 34.0. The monoisotopic (exact) mass is 300 g/mol. The van der Waals surface area contributed by atoms with Crippen LogP contribution in [0.5, 0.6) is 5.75 Å². The molecular weight excluding hydrogens is 280 g/mol. The molecule has 20 heavy (non-hydrogen) atoms. The van der Waals surface area contributed by atoms with Crippen molar-refractivity contribution in [2.24, 2.45) is 0 Å². The number of benzene rings is 1. The molecule has 0 N–H and O–H groups in total. The molecule has 0 aromatic heterocycles. The molecule has 0 fully saturated rings. The Morgan fingerprint density at radius 3 is 2.30 bits per heavy atom. The highest BCUT2D eigenvalue weighted by atomic mass is 32.2. The summed E-state index contributed by atoms with van der Waals surface area (Å²) in [6.45, 7) is 3.90. The van der Waals surface area contributed by atoms with Gasteiger partial charge in [0.2, 0.25) is 0 Å². The highest BCUT2D eigenvalue weighted by Crippen LogP contribution is 2.36. The first kappa shape index (κ1) is 16.5. The van der Waals surface area contributed by atoms with Gasteiger partial charge >= 0.3 is 5.97 Å². The molecule has 1 atom stereocenters. The molecule has 0 aliphatic carbocycles. The summed E-state index contributed by atoms with van der Waals surface area (Å²) in [5.41, 5.74) is 0.766. The van der Waals surface area contributed by atoms with Gasteiger partial charge in [0, 0.05) is 6.26 Å². The van der Waals surface area contributed by atoms with Gasteiger partial charge in [-0.25, -0.2) is 13.2 Å². The number of ether oxygens (including phenoxy) is 2. The van der Waals surface area contributed by atoms with Gasteiger partial charge in [0.25, 0.3) is 0 Å². The van der Waals surface area contributed by atoms with Crippen LogP contribution in [0.25, 0.3) is 0 Å². The van der Waals surface area contributed by atoms with Crippen molar-refractivity contribution in [2.45, 2.75) is 31.1 Å². The van der Waals surface area contributed by atoms with Gasteiger partial charge in [-0.3, -0.25) is 0 Å². The minimum Gasteiger partial charge on any atom is -0.494 e. The van der Waals surface area contributed by atoms with Crippen LogP contribution in [0.1, 0.15) is 42.1 Å². The third kappa shape index (κ3) is 3.12. The van der Waals surface area contributed by atoms with Crippen molar-refractivity contribution >= 4 is 15.8 Å². The standard InChI is InChI=1S/C14H20O5S/c1-6-9(2)10-7-8-11(14(15)19-4)12(18-3)13(10)20(5,16)17/h7-9H,6H2,1-5H3. The van der Waals surface area contributed by atoms with E-state index in [1.807, 2.05) is 13.8 Å². The fourth-order valence-electron chi connectivity index (χ4n) is 2.04. The van der Waals surface area contributed by atoms with Gasteiger partial charge in [0.1, 0.15) is 10.5 Å².